The third-order valence-corrected chi connectivity index (χ3v) is 4.36. The molecule has 110 valence electrons. The summed E-state index contributed by atoms with van der Waals surface area (Å²) in [4.78, 5) is 2.92. The van der Waals surface area contributed by atoms with Crippen LogP contribution in [0.3, 0.4) is 0 Å². The van der Waals surface area contributed by atoms with Crippen LogP contribution in [0.1, 0.15) is 38.7 Å². The van der Waals surface area contributed by atoms with Gasteiger partial charge in [0, 0.05) is 18.6 Å². The minimum Gasteiger partial charge on any atom is -0.492 e. The van der Waals surface area contributed by atoms with E-state index in [4.69, 9.17) is 22.7 Å². The first-order chi connectivity index (χ1) is 9.59. The van der Waals surface area contributed by atoms with E-state index < -0.39 is 0 Å². The van der Waals surface area contributed by atoms with Crippen LogP contribution in [0.15, 0.2) is 24.3 Å². The topological polar surface area (TPSA) is 38.5 Å². The first-order valence-electron chi connectivity index (χ1n) is 7.37. The molecule has 0 aliphatic carbocycles. The SMILES string of the molecule is CC1CCCC(C)N1CCOc1ccccc1C(N)=S. The van der Waals surface area contributed by atoms with Crippen LogP contribution >= 0.6 is 12.2 Å². The normalized spacial score (nSPS) is 23.5. The molecule has 2 atom stereocenters. The summed E-state index contributed by atoms with van der Waals surface area (Å²) in [6, 6.07) is 9.00. The van der Waals surface area contributed by atoms with Gasteiger partial charge in [0.25, 0.3) is 0 Å². The van der Waals surface area contributed by atoms with Crippen molar-refractivity contribution in [1.29, 1.82) is 0 Å². The zero-order valence-electron chi connectivity index (χ0n) is 12.3. The summed E-state index contributed by atoms with van der Waals surface area (Å²) in [7, 11) is 0. The van der Waals surface area contributed by atoms with E-state index in [1.165, 1.54) is 19.3 Å². The van der Waals surface area contributed by atoms with E-state index in [1.54, 1.807) is 0 Å². The van der Waals surface area contributed by atoms with Gasteiger partial charge in [-0.25, -0.2) is 0 Å². The molecule has 1 aromatic carbocycles. The van der Waals surface area contributed by atoms with Crippen molar-refractivity contribution in [2.45, 2.75) is 45.2 Å². The predicted molar refractivity (Wildman–Crippen MR) is 87.3 cm³/mol. The number of piperidine rings is 1. The number of para-hydroxylation sites is 1. The molecule has 1 fully saturated rings. The van der Waals surface area contributed by atoms with Gasteiger partial charge >= 0.3 is 0 Å². The fourth-order valence-electron chi connectivity index (χ4n) is 2.97. The summed E-state index contributed by atoms with van der Waals surface area (Å²) in [6.07, 6.45) is 3.91. The monoisotopic (exact) mass is 292 g/mol. The quantitative estimate of drug-likeness (QED) is 0.847. The number of benzene rings is 1. The molecular weight excluding hydrogens is 268 g/mol. The number of hydrogen-bond acceptors (Lipinski definition) is 3. The maximum atomic E-state index is 5.89. The number of hydrogen-bond donors (Lipinski definition) is 1. The smallest absolute Gasteiger partial charge is 0.129 e. The van der Waals surface area contributed by atoms with E-state index >= 15 is 0 Å². The largest absolute Gasteiger partial charge is 0.492 e. The summed E-state index contributed by atoms with van der Waals surface area (Å²) >= 11 is 5.05. The summed E-state index contributed by atoms with van der Waals surface area (Å²) in [6.45, 7) is 6.24. The summed E-state index contributed by atoms with van der Waals surface area (Å²) in [5.74, 6) is 0.789. The van der Waals surface area contributed by atoms with E-state index in [0.29, 0.717) is 23.7 Å². The van der Waals surface area contributed by atoms with Crippen molar-refractivity contribution in [3.8, 4) is 5.75 Å². The second-order valence-electron chi connectivity index (χ2n) is 5.58. The lowest BCUT2D eigenvalue weighted by atomic mass is 9.98. The highest BCUT2D eigenvalue weighted by Crippen LogP contribution is 2.22. The zero-order chi connectivity index (χ0) is 14.5. The summed E-state index contributed by atoms with van der Waals surface area (Å²) in [5, 5.41) is 0. The fourth-order valence-corrected chi connectivity index (χ4v) is 3.14. The van der Waals surface area contributed by atoms with Crippen LogP contribution in [0, 0.1) is 0 Å². The minimum absolute atomic E-state index is 0.389. The summed E-state index contributed by atoms with van der Waals surface area (Å²) < 4.78 is 5.89. The Kier molecular flexibility index (Phi) is 5.38. The second kappa shape index (κ2) is 7.04. The van der Waals surface area contributed by atoms with Crippen molar-refractivity contribution in [2.24, 2.45) is 5.73 Å². The molecule has 0 amide bonds. The van der Waals surface area contributed by atoms with E-state index in [0.717, 1.165) is 17.9 Å². The fraction of sp³-hybridized carbons (Fsp3) is 0.562. The molecule has 2 rings (SSSR count). The maximum Gasteiger partial charge on any atom is 0.129 e. The lowest BCUT2D eigenvalue weighted by Gasteiger charge is -2.38. The Labute approximate surface area is 127 Å². The third kappa shape index (κ3) is 3.70. The molecule has 1 saturated heterocycles. The number of nitrogens with zero attached hydrogens (tertiary/aromatic N) is 1. The number of nitrogens with two attached hydrogens (primary N) is 1. The lowest BCUT2D eigenvalue weighted by Crippen LogP contribution is -2.45. The van der Waals surface area contributed by atoms with Crippen LogP contribution in [-0.4, -0.2) is 35.1 Å². The van der Waals surface area contributed by atoms with Gasteiger partial charge in [-0.1, -0.05) is 30.8 Å². The number of likely N-dealkylation sites (tertiary alicyclic amines) is 1. The Morgan fingerprint density at radius 2 is 1.95 bits per heavy atom. The Morgan fingerprint density at radius 1 is 1.30 bits per heavy atom. The van der Waals surface area contributed by atoms with Crippen LogP contribution in [0.4, 0.5) is 0 Å². The Balaban J connectivity index is 1.91. The molecule has 0 radical (unpaired) electrons. The van der Waals surface area contributed by atoms with Gasteiger partial charge in [0.2, 0.25) is 0 Å². The van der Waals surface area contributed by atoms with Gasteiger partial charge in [-0.3, -0.25) is 4.90 Å². The molecule has 0 aromatic heterocycles. The molecule has 1 aliphatic rings. The Bertz CT molecular complexity index is 454. The molecule has 20 heavy (non-hydrogen) atoms. The van der Waals surface area contributed by atoms with Gasteiger partial charge in [0.15, 0.2) is 0 Å². The first-order valence-corrected chi connectivity index (χ1v) is 7.78. The standard InChI is InChI=1S/C16H24N2OS/c1-12-6-5-7-13(2)18(12)10-11-19-15-9-4-3-8-14(15)16(17)20/h3-4,8-9,12-13H,5-7,10-11H2,1-2H3,(H2,17,20). The maximum absolute atomic E-state index is 5.89. The van der Waals surface area contributed by atoms with Crippen LogP contribution in [0.25, 0.3) is 0 Å². The number of ether oxygens (including phenoxy) is 1. The number of thiocarbonyl (C=S) groups is 1. The van der Waals surface area contributed by atoms with Gasteiger partial charge in [-0.2, -0.15) is 0 Å². The second-order valence-corrected chi connectivity index (χ2v) is 6.02. The van der Waals surface area contributed by atoms with Crippen molar-refractivity contribution < 1.29 is 4.74 Å². The highest BCUT2D eigenvalue weighted by atomic mass is 32.1. The van der Waals surface area contributed by atoms with Crippen LogP contribution in [0.5, 0.6) is 5.75 Å². The lowest BCUT2D eigenvalue weighted by molar-refractivity contribution is 0.0851. The third-order valence-electron chi connectivity index (χ3n) is 4.14. The average molecular weight is 292 g/mol. The van der Waals surface area contributed by atoms with Gasteiger partial charge in [0.1, 0.15) is 17.3 Å². The first kappa shape index (κ1) is 15.3. The predicted octanol–water partition coefficient (Wildman–Crippen LogP) is 2.96. The minimum atomic E-state index is 0.389. The average Bonchev–Trinajstić information content (AvgIpc) is 2.42. The molecule has 2 N–H and O–H groups in total. The van der Waals surface area contributed by atoms with Crippen LogP contribution in [-0.2, 0) is 0 Å². The molecule has 3 nitrogen and oxygen atoms in total. The highest BCUT2D eigenvalue weighted by molar-refractivity contribution is 7.80. The number of rotatable bonds is 5. The molecule has 2 unspecified atom stereocenters. The van der Waals surface area contributed by atoms with Crippen LogP contribution < -0.4 is 10.5 Å². The molecule has 0 spiro atoms. The molecule has 4 heteroatoms. The molecule has 1 heterocycles. The van der Waals surface area contributed by atoms with Crippen molar-refractivity contribution in [3.63, 3.8) is 0 Å². The van der Waals surface area contributed by atoms with Gasteiger partial charge in [0.05, 0.1) is 5.56 Å². The Hall–Kier alpha value is -1.13. The van der Waals surface area contributed by atoms with Crippen molar-refractivity contribution >= 4 is 17.2 Å². The van der Waals surface area contributed by atoms with E-state index in [1.807, 2.05) is 24.3 Å². The van der Waals surface area contributed by atoms with Crippen LogP contribution in [0.2, 0.25) is 0 Å². The van der Waals surface area contributed by atoms with Gasteiger partial charge in [-0.15, -0.1) is 0 Å². The van der Waals surface area contributed by atoms with Gasteiger partial charge < -0.3 is 10.5 Å². The van der Waals surface area contributed by atoms with E-state index in [-0.39, 0.29) is 0 Å². The van der Waals surface area contributed by atoms with Crippen molar-refractivity contribution in [2.75, 3.05) is 13.2 Å². The van der Waals surface area contributed by atoms with Crippen molar-refractivity contribution in [1.82, 2.24) is 4.90 Å². The molecule has 1 aliphatic heterocycles. The molecule has 0 saturated carbocycles. The molecule has 1 aromatic rings. The van der Waals surface area contributed by atoms with E-state index in [9.17, 15) is 0 Å². The summed E-state index contributed by atoms with van der Waals surface area (Å²) in [5.41, 5.74) is 6.54. The van der Waals surface area contributed by atoms with Gasteiger partial charge in [-0.05, 0) is 38.8 Å². The highest BCUT2D eigenvalue weighted by Gasteiger charge is 2.24. The molecular formula is C16H24N2OS. The van der Waals surface area contributed by atoms with Crippen molar-refractivity contribution in [3.05, 3.63) is 29.8 Å². The Morgan fingerprint density at radius 3 is 2.60 bits per heavy atom. The zero-order valence-corrected chi connectivity index (χ0v) is 13.2. The molecule has 0 bridgehead atoms. The van der Waals surface area contributed by atoms with E-state index in [2.05, 4.69) is 18.7 Å².